The first-order chi connectivity index (χ1) is 8.25. The third-order valence-electron chi connectivity index (χ3n) is 2.33. The molecule has 0 amide bonds. The lowest BCUT2D eigenvalue weighted by molar-refractivity contribution is 1.25. The van der Waals surface area contributed by atoms with Gasteiger partial charge in [-0.2, -0.15) is 11.8 Å². The Hall–Kier alpha value is -1.19. The van der Waals surface area contributed by atoms with E-state index in [1.807, 2.05) is 48.3 Å². The predicted molar refractivity (Wildman–Crippen MR) is 75.1 cm³/mol. The van der Waals surface area contributed by atoms with Crippen LogP contribution in [0.5, 0.6) is 0 Å². The van der Waals surface area contributed by atoms with Crippen molar-refractivity contribution in [3.8, 4) is 0 Å². The minimum absolute atomic E-state index is 0.560. The first kappa shape index (κ1) is 12.3. The molecule has 0 aliphatic carbocycles. The summed E-state index contributed by atoms with van der Waals surface area (Å²) in [4.78, 5) is 4.06. The lowest BCUT2D eigenvalue weighted by atomic mass is 10.2. The smallest absolute Gasteiger partial charge is 0.123 e. The van der Waals surface area contributed by atoms with Crippen LogP contribution >= 0.6 is 23.4 Å². The van der Waals surface area contributed by atoms with Crippen LogP contribution in [0.2, 0.25) is 5.02 Å². The fraction of sp³-hybridized carbons (Fsp3) is 0.154. The SMILES string of the molecule is Nc1ccc(CSCc2ccccc2Cl)cn1. The molecule has 0 fully saturated rings. The number of nitrogens with two attached hydrogens (primary N) is 1. The van der Waals surface area contributed by atoms with E-state index in [1.165, 1.54) is 11.1 Å². The molecular weight excluding hydrogens is 252 g/mol. The fourth-order valence-corrected chi connectivity index (χ4v) is 2.68. The first-order valence-electron chi connectivity index (χ1n) is 5.27. The number of hydrogen-bond donors (Lipinski definition) is 1. The van der Waals surface area contributed by atoms with E-state index in [-0.39, 0.29) is 0 Å². The van der Waals surface area contributed by atoms with Crippen LogP contribution in [0, 0.1) is 0 Å². The Labute approximate surface area is 110 Å². The van der Waals surface area contributed by atoms with Gasteiger partial charge >= 0.3 is 0 Å². The Bertz CT molecular complexity index is 485. The highest BCUT2D eigenvalue weighted by Crippen LogP contribution is 2.23. The summed E-state index contributed by atoms with van der Waals surface area (Å²) in [5.41, 5.74) is 7.88. The lowest BCUT2D eigenvalue weighted by Gasteiger charge is -2.04. The Morgan fingerprint density at radius 1 is 1.12 bits per heavy atom. The second kappa shape index (κ2) is 5.94. The number of rotatable bonds is 4. The molecule has 2 rings (SSSR count). The number of halogens is 1. The number of anilines is 1. The molecule has 0 saturated heterocycles. The van der Waals surface area contributed by atoms with Crippen LogP contribution in [0.4, 0.5) is 5.82 Å². The monoisotopic (exact) mass is 264 g/mol. The second-order valence-corrected chi connectivity index (χ2v) is 5.07. The van der Waals surface area contributed by atoms with Gasteiger partial charge in [-0.3, -0.25) is 0 Å². The molecule has 4 heteroatoms. The molecule has 0 atom stereocenters. The maximum absolute atomic E-state index is 6.08. The van der Waals surface area contributed by atoms with Gasteiger partial charge < -0.3 is 5.73 Å². The van der Waals surface area contributed by atoms with E-state index >= 15 is 0 Å². The molecule has 0 radical (unpaired) electrons. The third-order valence-corrected chi connectivity index (χ3v) is 3.75. The predicted octanol–water partition coefficient (Wildman–Crippen LogP) is 3.75. The van der Waals surface area contributed by atoms with Gasteiger partial charge in [-0.1, -0.05) is 35.9 Å². The van der Waals surface area contributed by atoms with Crippen molar-refractivity contribution >= 4 is 29.2 Å². The zero-order valence-corrected chi connectivity index (χ0v) is 10.8. The van der Waals surface area contributed by atoms with E-state index in [0.717, 1.165) is 16.5 Å². The summed E-state index contributed by atoms with van der Waals surface area (Å²) in [6, 6.07) is 11.7. The van der Waals surface area contributed by atoms with Crippen molar-refractivity contribution < 1.29 is 0 Å². The molecule has 2 nitrogen and oxygen atoms in total. The van der Waals surface area contributed by atoms with Crippen LogP contribution in [-0.2, 0) is 11.5 Å². The number of nitrogen functional groups attached to an aromatic ring is 1. The van der Waals surface area contributed by atoms with Gasteiger partial charge in [0.25, 0.3) is 0 Å². The van der Waals surface area contributed by atoms with E-state index in [0.29, 0.717) is 5.82 Å². The van der Waals surface area contributed by atoms with Crippen LogP contribution in [0.3, 0.4) is 0 Å². The normalized spacial score (nSPS) is 10.4. The molecule has 0 aliphatic rings. The van der Waals surface area contributed by atoms with E-state index in [2.05, 4.69) is 11.1 Å². The fourth-order valence-electron chi connectivity index (χ4n) is 1.42. The van der Waals surface area contributed by atoms with Crippen molar-refractivity contribution in [2.75, 3.05) is 5.73 Å². The summed E-state index contributed by atoms with van der Waals surface area (Å²) < 4.78 is 0. The molecule has 2 aromatic rings. The molecule has 2 N–H and O–H groups in total. The second-order valence-electron chi connectivity index (χ2n) is 3.68. The topological polar surface area (TPSA) is 38.9 Å². The molecule has 0 unspecified atom stereocenters. The van der Waals surface area contributed by atoms with Crippen LogP contribution in [-0.4, -0.2) is 4.98 Å². The van der Waals surface area contributed by atoms with Gasteiger partial charge in [-0.05, 0) is 23.3 Å². The molecule has 1 aromatic heterocycles. The molecule has 0 bridgehead atoms. The van der Waals surface area contributed by atoms with Gasteiger partial charge in [-0.25, -0.2) is 4.98 Å². The van der Waals surface area contributed by atoms with Crippen molar-refractivity contribution in [1.82, 2.24) is 4.98 Å². The number of aromatic nitrogens is 1. The quantitative estimate of drug-likeness (QED) is 0.914. The van der Waals surface area contributed by atoms with E-state index < -0.39 is 0 Å². The van der Waals surface area contributed by atoms with E-state index in [9.17, 15) is 0 Å². The highest BCUT2D eigenvalue weighted by Gasteiger charge is 2.00. The Morgan fingerprint density at radius 3 is 2.65 bits per heavy atom. The highest BCUT2D eigenvalue weighted by molar-refractivity contribution is 7.97. The standard InChI is InChI=1S/C13H13ClN2S/c14-12-4-2-1-3-11(12)9-17-8-10-5-6-13(15)16-7-10/h1-7H,8-9H2,(H2,15,16). The maximum Gasteiger partial charge on any atom is 0.123 e. The Morgan fingerprint density at radius 2 is 1.94 bits per heavy atom. The van der Waals surface area contributed by atoms with Crippen molar-refractivity contribution in [2.24, 2.45) is 0 Å². The van der Waals surface area contributed by atoms with Gasteiger partial charge in [0.2, 0.25) is 0 Å². The molecular formula is C13H13ClN2S. The number of benzene rings is 1. The number of pyridine rings is 1. The third kappa shape index (κ3) is 3.65. The molecule has 0 aliphatic heterocycles. The largest absolute Gasteiger partial charge is 0.384 e. The van der Waals surface area contributed by atoms with Crippen molar-refractivity contribution in [2.45, 2.75) is 11.5 Å². The Kier molecular flexibility index (Phi) is 4.29. The van der Waals surface area contributed by atoms with Crippen LogP contribution in [0.1, 0.15) is 11.1 Å². The molecule has 0 spiro atoms. The molecule has 1 heterocycles. The number of thioether (sulfide) groups is 1. The minimum atomic E-state index is 0.560. The summed E-state index contributed by atoms with van der Waals surface area (Å²) in [6.45, 7) is 0. The van der Waals surface area contributed by atoms with E-state index in [1.54, 1.807) is 0 Å². The van der Waals surface area contributed by atoms with Crippen LogP contribution < -0.4 is 5.73 Å². The van der Waals surface area contributed by atoms with Gasteiger partial charge in [0.05, 0.1) is 0 Å². The molecule has 1 aromatic carbocycles. The average molecular weight is 265 g/mol. The van der Waals surface area contributed by atoms with Gasteiger partial charge in [0, 0.05) is 22.7 Å². The first-order valence-corrected chi connectivity index (χ1v) is 6.80. The number of nitrogens with zero attached hydrogens (tertiary/aromatic N) is 1. The summed E-state index contributed by atoms with van der Waals surface area (Å²) in [5.74, 6) is 2.38. The van der Waals surface area contributed by atoms with Gasteiger partial charge in [0.15, 0.2) is 0 Å². The average Bonchev–Trinajstić information content (AvgIpc) is 2.34. The van der Waals surface area contributed by atoms with Crippen molar-refractivity contribution in [1.29, 1.82) is 0 Å². The van der Waals surface area contributed by atoms with Crippen LogP contribution in [0.15, 0.2) is 42.6 Å². The molecule has 17 heavy (non-hydrogen) atoms. The molecule has 88 valence electrons. The van der Waals surface area contributed by atoms with Crippen LogP contribution in [0.25, 0.3) is 0 Å². The summed E-state index contributed by atoms with van der Waals surface area (Å²) in [6.07, 6.45) is 1.81. The van der Waals surface area contributed by atoms with Crippen molar-refractivity contribution in [3.05, 3.63) is 58.7 Å². The van der Waals surface area contributed by atoms with E-state index in [4.69, 9.17) is 17.3 Å². The Balaban J connectivity index is 1.88. The zero-order valence-electron chi connectivity index (χ0n) is 9.27. The van der Waals surface area contributed by atoms with Crippen molar-refractivity contribution in [3.63, 3.8) is 0 Å². The maximum atomic E-state index is 6.08. The summed E-state index contributed by atoms with van der Waals surface area (Å²) in [7, 11) is 0. The zero-order chi connectivity index (χ0) is 12.1. The minimum Gasteiger partial charge on any atom is -0.384 e. The lowest BCUT2D eigenvalue weighted by Crippen LogP contribution is -1.90. The summed E-state index contributed by atoms with van der Waals surface area (Å²) in [5, 5.41) is 0.829. The van der Waals surface area contributed by atoms with Gasteiger partial charge in [-0.15, -0.1) is 0 Å². The summed E-state index contributed by atoms with van der Waals surface area (Å²) >= 11 is 7.90. The van der Waals surface area contributed by atoms with Gasteiger partial charge in [0.1, 0.15) is 5.82 Å². The number of hydrogen-bond acceptors (Lipinski definition) is 3. The highest BCUT2D eigenvalue weighted by atomic mass is 35.5. The molecule has 0 saturated carbocycles.